The Bertz CT molecular complexity index is 1350. The van der Waals surface area contributed by atoms with Crippen LogP contribution in [0.15, 0.2) is 71.6 Å². The summed E-state index contributed by atoms with van der Waals surface area (Å²) in [6, 6.07) is 15.3. The number of halogens is 3. The van der Waals surface area contributed by atoms with Crippen molar-refractivity contribution in [1.29, 1.82) is 0 Å². The van der Waals surface area contributed by atoms with Gasteiger partial charge in [0.2, 0.25) is 0 Å². The third-order valence-electron chi connectivity index (χ3n) is 5.04. The number of rotatable bonds is 4. The van der Waals surface area contributed by atoms with Gasteiger partial charge in [0.25, 0.3) is 15.9 Å². The predicted octanol–water partition coefficient (Wildman–Crippen LogP) is 5.31. The van der Waals surface area contributed by atoms with E-state index in [2.05, 4.69) is 10.0 Å². The highest BCUT2D eigenvalue weighted by Crippen LogP contribution is 2.36. The maximum atomic E-state index is 12.8. The Morgan fingerprint density at radius 2 is 1.66 bits per heavy atom. The molecule has 9 heteroatoms. The average Bonchev–Trinajstić information content (AvgIpc) is 3.03. The second-order valence-electron chi connectivity index (χ2n) is 7.26. The van der Waals surface area contributed by atoms with Crippen molar-refractivity contribution in [2.24, 2.45) is 0 Å². The van der Waals surface area contributed by atoms with Gasteiger partial charge in [0.15, 0.2) is 0 Å². The fraction of sp³-hybridized carbons (Fsp3) is 0.0870. The summed E-state index contributed by atoms with van der Waals surface area (Å²) in [6.45, 7) is 1.90. The first-order valence-electron chi connectivity index (χ1n) is 9.48. The van der Waals surface area contributed by atoms with Crippen LogP contribution in [0.4, 0.5) is 24.5 Å². The minimum absolute atomic E-state index is 0.0108. The number of fused-ring (bicyclic) bond motifs is 1. The molecule has 0 fully saturated rings. The van der Waals surface area contributed by atoms with Gasteiger partial charge in [-0.2, -0.15) is 13.2 Å². The first-order valence-corrected chi connectivity index (χ1v) is 11.0. The van der Waals surface area contributed by atoms with Crippen LogP contribution in [0.5, 0.6) is 0 Å². The van der Waals surface area contributed by atoms with Crippen molar-refractivity contribution >= 4 is 39.0 Å². The van der Waals surface area contributed by atoms with Crippen molar-refractivity contribution < 1.29 is 26.4 Å². The van der Waals surface area contributed by atoms with Crippen LogP contribution in [0.25, 0.3) is 11.6 Å². The molecule has 5 nitrogen and oxygen atoms in total. The molecule has 1 heterocycles. The summed E-state index contributed by atoms with van der Waals surface area (Å²) in [7, 11) is -4.10. The van der Waals surface area contributed by atoms with E-state index in [0.717, 1.165) is 35.4 Å². The van der Waals surface area contributed by atoms with Crippen LogP contribution in [-0.4, -0.2) is 14.3 Å². The van der Waals surface area contributed by atoms with Gasteiger partial charge in [-0.1, -0.05) is 24.3 Å². The average molecular weight is 458 g/mol. The lowest BCUT2D eigenvalue weighted by Gasteiger charge is -2.11. The quantitative estimate of drug-likeness (QED) is 0.521. The van der Waals surface area contributed by atoms with Crippen LogP contribution in [-0.2, 0) is 21.0 Å². The monoisotopic (exact) mass is 458 g/mol. The highest BCUT2D eigenvalue weighted by atomic mass is 32.2. The van der Waals surface area contributed by atoms with Crippen LogP contribution >= 0.6 is 0 Å². The minimum atomic E-state index is -4.52. The number of carbonyl (C=O) groups excluding carboxylic acids is 1. The molecule has 2 N–H and O–H groups in total. The molecule has 3 aromatic rings. The Morgan fingerprint density at radius 1 is 0.969 bits per heavy atom. The van der Waals surface area contributed by atoms with Crippen molar-refractivity contribution in [2.75, 3.05) is 10.0 Å². The van der Waals surface area contributed by atoms with Crippen LogP contribution < -0.4 is 10.0 Å². The van der Waals surface area contributed by atoms with E-state index in [1.807, 2.05) is 31.2 Å². The van der Waals surface area contributed by atoms with Gasteiger partial charge in [-0.25, -0.2) is 8.42 Å². The predicted molar refractivity (Wildman–Crippen MR) is 116 cm³/mol. The molecule has 0 saturated heterocycles. The molecule has 0 bridgehead atoms. The molecule has 1 aliphatic rings. The molecule has 0 aliphatic carbocycles. The summed E-state index contributed by atoms with van der Waals surface area (Å²) in [5.74, 6) is -0.353. The molecule has 164 valence electrons. The zero-order chi connectivity index (χ0) is 23.1. The molecule has 0 radical (unpaired) electrons. The first kappa shape index (κ1) is 21.6. The van der Waals surface area contributed by atoms with Crippen LogP contribution in [0.2, 0.25) is 0 Å². The number of hydrogen-bond acceptors (Lipinski definition) is 3. The lowest BCUT2D eigenvalue weighted by atomic mass is 10.0. The van der Waals surface area contributed by atoms with Gasteiger partial charge in [-0.15, -0.1) is 0 Å². The maximum absolute atomic E-state index is 12.8. The number of hydrogen-bond donors (Lipinski definition) is 2. The van der Waals surface area contributed by atoms with Gasteiger partial charge < -0.3 is 5.32 Å². The van der Waals surface area contributed by atoms with Crippen LogP contribution in [0.1, 0.15) is 22.3 Å². The summed E-state index contributed by atoms with van der Waals surface area (Å²) in [4.78, 5) is 12.4. The highest BCUT2D eigenvalue weighted by Gasteiger charge is 2.30. The Hall–Kier alpha value is -3.59. The van der Waals surface area contributed by atoms with Crippen LogP contribution in [0, 0.1) is 6.92 Å². The second kappa shape index (κ2) is 7.83. The highest BCUT2D eigenvalue weighted by molar-refractivity contribution is 7.92. The summed E-state index contributed by atoms with van der Waals surface area (Å²) >= 11 is 0. The summed E-state index contributed by atoms with van der Waals surface area (Å²) in [5, 5.41) is 2.71. The minimum Gasteiger partial charge on any atom is -0.321 e. The number of anilines is 2. The van der Waals surface area contributed by atoms with E-state index >= 15 is 0 Å². The number of alkyl halides is 3. The van der Waals surface area contributed by atoms with Gasteiger partial charge in [-0.05, 0) is 66.6 Å². The third kappa shape index (κ3) is 4.24. The maximum Gasteiger partial charge on any atom is 0.416 e. The lowest BCUT2D eigenvalue weighted by Crippen LogP contribution is -2.13. The van der Waals surface area contributed by atoms with E-state index in [4.69, 9.17) is 0 Å². The van der Waals surface area contributed by atoms with Gasteiger partial charge in [-0.3, -0.25) is 9.52 Å². The van der Waals surface area contributed by atoms with E-state index in [1.54, 1.807) is 6.08 Å². The fourth-order valence-corrected chi connectivity index (χ4v) is 4.41. The molecule has 0 spiro atoms. The third-order valence-corrected chi connectivity index (χ3v) is 6.42. The summed E-state index contributed by atoms with van der Waals surface area (Å²) < 4.78 is 66.1. The lowest BCUT2D eigenvalue weighted by molar-refractivity contribution is -0.137. The molecule has 1 aliphatic heterocycles. The molecule has 0 saturated carbocycles. The molecule has 4 rings (SSSR count). The number of aryl methyl sites for hydroxylation is 1. The number of carbonyl (C=O) groups is 1. The fourth-order valence-electron chi connectivity index (χ4n) is 3.32. The standard InChI is InChI=1S/C23H17F3N2O3S/c1-14-4-2-3-5-15(14)12-20-19-13-18(10-11-21(19)27-22(20)29)32(30,31)28-17-8-6-16(7-9-17)23(24,25)26/h2-13,28H,1H3,(H,27,29). The topological polar surface area (TPSA) is 75.3 Å². The van der Waals surface area contributed by atoms with Gasteiger partial charge in [0, 0.05) is 22.5 Å². The van der Waals surface area contributed by atoms with Crippen molar-refractivity contribution in [3.05, 3.63) is 89.0 Å². The molecule has 1 amide bonds. The molecule has 0 aromatic heterocycles. The zero-order valence-corrected chi connectivity index (χ0v) is 17.5. The number of amides is 1. The number of sulfonamides is 1. The van der Waals surface area contributed by atoms with Crippen molar-refractivity contribution in [3.63, 3.8) is 0 Å². The van der Waals surface area contributed by atoms with Crippen molar-refractivity contribution in [1.82, 2.24) is 0 Å². The largest absolute Gasteiger partial charge is 0.416 e. The van der Waals surface area contributed by atoms with E-state index in [9.17, 15) is 26.4 Å². The Kier molecular flexibility index (Phi) is 5.29. The SMILES string of the molecule is Cc1ccccc1C=C1C(=O)Nc2ccc(S(=O)(=O)Nc3ccc(C(F)(F)F)cc3)cc21. The molecule has 0 unspecified atom stereocenters. The summed E-state index contributed by atoms with van der Waals surface area (Å²) in [5.41, 5.74) is 2.10. The van der Waals surface area contributed by atoms with E-state index in [1.165, 1.54) is 18.2 Å². The number of nitrogens with one attached hydrogen (secondary N) is 2. The number of benzene rings is 3. The van der Waals surface area contributed by atoms with Crippen molar-refractivity contribution in [2.45, 2.75) is 18.0 Å². The zero-order valence-electron chi connectivity index (χ0n) is 16.7. The molecule has 32 heavy (non-hydrogen) atoms. The molecule has 3 aromatic carbocycles. The van der Waals surface area contributed by atoms with E-state index < -0.39 is 21.8 Å². The Labute approximate surface area is 182 Å². The second-order valence-corrected chi connectivity index (χ2v) is 8.94. The van der Waals surface area contributed by atoms with Crippen molar-refractivity contribution in [3.8, 4) is 0 Å². The smallest absolute Gasteiger partial charge is 0.321 e. The molecule has 0 atom stereocenters. The van der Waals surface area contributed by atoms with E-state index in [0.29, 0.717) is 16.8 Å². The Morgan fingerprint density at radius 3 is 2.31 bits per heavy atom. The van der Waals surface area contributed by atoms with E-state index in [-0.39, 0.29) is 16.5 Å². The van der Waals surface area contributed by atoms with Gasteiger partial charge in [0.1, 0.15) is 0 Å². The molecular formula is C23H17F3N2O3S. The normalized spacial score (nSPS) is 14.9. The summed E-state index contributed by atoms with van der Waals surface area (Å²) in [6.07, 6.45) is -2.83. The first-order chi connectivity index (χ1) is 15.0. The van der Waals surface area contributed by atoms with Gasteiger partial charge >= 0.3 is 6.18 Å². The van der Waals surface area contributed by atoms with Gasteiger partial charge in [0.05, 0.1) is 10.5 Å². The molecular weight excluding hydrogens is 441 g/mol. The Balaban J connectivity index is 1.67. The van der Waals surface area contributed by atoms with Crippen LogP contribution in [0.3, 0.4) is 0 Å².